The molecule has 28 heavy (non-hydrogen) atoms. The fourth-order valence-electron chi connectivity index (χ4n) is 2.87. The number of benzene rings is 2. The van der Waals surface area contributed by atoms with E-state index in [4.69, 9.17) is 23.2 Å². The first-order chi connectivity index (χ1) is 13.0. The summed E-state index contributed by atoms with van der Waals surface area (Å²) < 4.78 is 67.8. The molecule has 0 unspecified atom stereocenters. The second kappa shape index (κ2) is 6.89. The first-order valence-electron chi connectivity index (χ1n) is 7.59. The number of urea groups is 1. The van der Waals surface area contributed by atoms with E-state index >= 15 is 0 Å². The predicted octanol–water partition coefficient (Wildman–Crippen LogP) is 4.66. The van der Waals surface area contributed by atoms with Crippen LogP contribution in [0.5, 0.6) is 0 Å². The number of rotatable bonds is 3. The first kappa shape index (κ1) is 20.3. The molecule has 11 heteroatoms. The van der Waals surface area contributed by atoms with E-state index in [2.05, 4.69) is 5.32 Å². The number of nitrogens with zero attached hydrogens (tertiary/aromatic N) is 1. The highest BCUT2D eigenvalue weighted by atomic mass is 35.5. The highest BCUT2D eigenvalue weighted by Crippen LogP contribution is 2.36. The van der Waals surface area contributed by atoms with Gasteiger partial charge in [0.15, 0.2) is 23.3 Å². The van der Waals surface area contributed by atoms with Gasteiger partial charge in [-0.1, -0.05) is 29.3 Å². The Morgan fingerprint density at radius 3 is 2.04 bits per heavy atom. The Morgan fingerprint density at radius 2 is 1.50 bits per heavy atom. The van der Waals surface area contributed by atoms with E-state index < -0.39 is 58.7 Å². The van der Waals surface area contributed by atoms with Gasteiger partial charge in [0, 0.05) is 21.2 Å². The Labute approximate surface area is 164 Å². The molecule has 0 saturated carbocycles. The lowest BCUT2D eigenvalue weighted by Crippen LogP contribution is -2.41. The third-order valence-corrected chi connectivity index (χ3v) is 4.91. The maximum absolute atomic E-state index is 13.9. The van der Waals surface area contributed by atoms with Gasteiger partial charge in [-0.2, -0.15) is 0 Å². The van der Waals surface area contributed by atoms with Crippen molar-refractivity contribution in [2.24, 2.45) is 0 Å². The SMILES string of the molecule is C[C@]1(c2ccc(Cl)cc2Cl)NC(=O)N(Cc2c(F)c(F)c(F)c(F)c2F)C1=O. The maximum Gasteiger partial charge on any atom is 0.325 e. The van der Waals surface area contributed by atoms with Crippen molar-refractivity contribution in [2.45, 2.75) is 19.0 Å². The molecule has 0 aliphatic carbocycles. The lowest BCUT2D eigenvalue weighted by molar-refractivity contribution is -0.131. The van der Waals surface area contributed by atoms with E-state index in [1.807, 2.05) is 0 Å². The summed E-state index contributed by atoms with van der Waals surface area (Å²) in [7, 11) is 0. The number of carbonyl (C=O) groups excluding carboxylic acids is 2. The summed E-state index contributed by atoms with van der Waals surface area (Å²) in [5.74, 6) is -11.9. The van der Waals surface area contributed by atoms with Crippen molar-refractivity contribution in [1.29, 1.82) is 0 Å². The molecule has 0 radical (unpaired) electrons. The molecule has 1 atom stereocenters. The highest BCUT2D eigenvalue weighted by molar-refractivity contribution is 6.35. The minimum atomic E-state index is -2.34. The summed E-state index contributed by atoms with van der Waals surface area (Å²) in [4.78, 5) is 25.4. The van der Waals surface area contributed by atoms with E-state index in [1.54, 1.807) is 0 Å². The number of amides is 3. The molecule has 1 N–H and O–H groups in total. The van der Waals surface area contributed by atoms with Crippen LogP contribution in [0.1, 0.15) is 18.1 Å². The molecule has 0 spiro atoms. The van der Waals surface area contributed by atoms with Crippen LogP contribution >= 0.6 is 23.2 Å². The van der Waals surface area contributed by atoms with Crippen LogP contribution in [0.25, 0.3) is 0 Å². The van der Waals surface area contributed by atoms with E-state index in [0.717, 1.165) is 0 Å². The fraction of sp³-hybridized carbons (Fsp3) is 0.176. The fourth-order valence-corrected chi connectivity index (χ4v) is 3.46. The van der Waals surface area contributed by atoms with Gasteiger partial charge in [0.05, 0.1) is 6.54 Å². The van der Waals surface area contributed by atoms with Crippen LogP contribution in [0.4, 0.5) is 26.7 Å². The van der Waals surface area contributed by atoms with Crippen molar-refractivity contribution >= 4 is 35.1 Å². The zero-order valence-electron chi connectivity index (χ0n) is 13.8. The van der Waals surface area contributed by atoms with Crippen molar-refractivity contribution in [2.75, 3.05) is 0 Å². The molecule has 1 aliphatic rings. The molecule has 1 saturated heterocycles. The number of hydrogen-bond acceptors (Lipinski definition) is 2. The van der Waals surface area contributed by atoms with Gasteiger partial charge < -0.3 is 5.32 Å². The Balaban J connectivity index is 2.02. The zero-order chi connectivity index (χ0) is 21.0. The molecular formula is C17H9Cl2F5N2O2. The van der Waals surface area contributed by atoms with Gasteiger partial charge in [0.1, 0.15) is 5.54 Å². The van der Waals surface area contributed by atoms with Gasteiger partial charge in [0.25, 0.3) is 5.91 Å². The number of halogens is 7. The van der Waals surface area contributed by atoms with Crippen LogP contribution in [0.15, 0.2) is 18.2 Å². The van der Waals surface area contributed by atoms with Crippen LogP contribution in [0, 0.1) is 29.1 Å². The van der Waals surface area contributed by atoms with E-state index in [1.165, 1.54) is 25.1 Å². The molecule has 0 aromatic heterocycles. The quantitative estimate of drug-likeness (QED) is 0.328. The van der Waals surface area contributed by atoms with Crippen molar-refractivity contribution in [3.05, 3.63) is 68.5 Å². The average Bonchev–Trinajstić information content (AvgIpc) is 2.85. The molecule has 1 aliphatic heterocycles. The molecule has 2 aromatic rings. The van der Waals surface area contributed by atoms with E-state index in [0.29, 0.717) is 4.90 Å². The summed E-state index contributed by atoms with van der Waals surface area (Å²) in [5.41, 5.74) is -2.91. The van der Waals surface area contributed by atoms with Crippen molar-refractivity contribution in [3.8, 4) is 0 Å². The van der Waals surface area contributed by atoms with Crippen LogP contribution in [-0.4, -0.2) is 16.8 Å². The van der Waals surface area contributed by atoms with Crippen LogP contribution < -0.4 is 5.32 Å². The molecule has 4 nitrogen and oxygen atoms in total. The number of hydrogen-bond donors (Lipinski definition) is 1. The third-order valence-electron chi connectivity index (χ3n) is 4.36. The van der Waals surface area contributed by atoms with Crippen molar-refractivity contribution in [3.63, 3.8) is 0 Å². The van der Waals surface area contributed by atoms with Gasteiger partial charge in [-0.3, -0.25) is 9.69 Å². The second-order valence-corrected chi connectivity index (χ2v) is 6.96. The second-order valence-electron chi connectivity index (χ2n) is 6.12. The Kier molecular flexibility index (Phi) is 5.01. The van der Waals surface area contributed by atoms with Crippen LogP contribution in [0.2, 0.25) is 10.0 Å². The largest absolute Gasteiger partial charge is 0.325 e. The number of nitrogens with one attached hydrogen (secondary N) is 1. The number of carbonyl (C=O) groups is 2. The van der Waals surface area contributed by atoms with Crippen molar-refractivity contribution in [1.82, 2.24) is 10.2 Å². The lowest BCUT2D eigenvalue weighted by Gasteiger charge is -2.23. The van der Waals surface area contributed by atoms with Gasteiger partial charge in [0.2, 0.25) is 5.82 Å². The molecule has 0 bridgehead atoms. The smallest absolute Gasteiger partial charge is 0.319 e. The zero-order valence-corrected chi connectivity index (χ0v) is 15.4. The summed E-state index contributed by atoms with van der Waals surface area (Å²) in [6, 6.07) is 2.99. The Morgan fingerprint density at radius 1 is 0.964 bits per heavy atom. The minimum absolute atomic E-state index is 0.0294. The first-order valence-corrected chi connectivity index (χ1v) is 8.34. The highest BCUT2D eigenvalue weighted by Gasteiger charge is 2.50. The summed E-state index contributed by atoms with van der Waals surface area (Å²) >= 11 is 11.9. The minimum Gasteiger partial charge on any atom is -0.319 e. The van der Waals surface area contributed by atoms with E-state index in [9.17, 15) is 31.5 Å². The molecule has 3 amide bonds. The van der Waals surface area contributed by atoms with Crippen LogP contribution in [-0.2, 0) is 16.9 Å². The topological polar surface area (TPSA) is 49.4 Å². The normalized spacial score (nSPS) is 19.4. The summed E-state index contributed by atoms with van der Waals surface area (Å²) in [5, 5.41) is 2.60. The predicted molar refractivity (Wildman–Crippen MR) is 89.1 cm³/mol. The number of imide groups is 1. The lowest BCUT2D eigenvalue weighted by atomic mass is 9.92. The maximum atomic E-state index is 13.9. The third kappa shape index (κ3) is 2.98. The summed E-state index contributed by atoms with van der Waals surface area (Å²) in [6.45, 7) is 0.109. The Bertz CT molecular complexity index is 1000. The standard InChI is InChI=1S/C17H9Cl2F5N2O2/c1-17(8-3-2-6(18)4-9(8)19)15(27)26(16(28)25-17)5-7-10(20)12(22)14(24)13(23)11(7)21/h2-4H,5H2,1H3,(H,25,28)/t17-/m1/s1. The molecule has 2 aromatic carbocycles. The summed E-state index contributed by atoms with van der Waals surface area (Å²) in [6.07, 6.45) is 0. The van der Waals surface area contributed by atoms with Crippen molar-refractivity contribution < 1.29 is 31.5 Å². The molecular weight excluding hydrogens is 430 g/mol. The molecule has 1 heterocycles. The molecule has 1 fully saturated rings. The van der Waals surface area contributed by atoms with E-state index in [-0.39, 0.29) is 15.6 Å². The van der Waals surface area contributed by atoms with Gasteiger partial charge in [-0.25, -0.2) is 26.7 Å². The monoisotopic (exact) mass is 438 g/mol. The van der Waals surface area contributed by atoms with Gasteiger partial charge in [-0.05, 0) is 19.1 Å². The van der Waals surface area contributed by atoms with Gasteiger partial charge >= 0.3 is 6.03 Å². The molecule has 3 rings (SSSR count). The van der Waals surface area contributed by atoms with Gasteiger partial charge in [-0.15, -0.1) is 0 Å². The average molecular weight is 439 g/mol. The Hall–Kier alpha value is -2.39. The van der Waals surface area contributed by atoms with Crippen LogP contribution in [0.3, 0.4) is 0 Å². The molecule has 148 valence electrons.